The number of aryl methyl sites for hydroxylation is 2. The monoisotopic (exact) mass is 284 g/mol. The van der Waals surface area contributed by atoms with Crippen LogP contribution in [0.1, 0.15) is 17.4 Å². The van der Waals surface area contributed by atoms with Crippen molar-refractivity contribution < 1.29 is 4.74 Å². The molecule has 1 aromatic carbocycles. The largest absolute Gasteiger partial charge is 0.493 e. The van der Waals surface area contributed by atoms with Crippen LogP contribution in [0, 0.1) is 13.8 Å². The molecule has 0 bridgehead atoms. The maximum absolute atomic E-state index is 5.73. The van der Waals surface area contributed by atoms with Crippen LogP contribution in [0.4, 0.5) is 0 Å². The fourth-order valence-corrected chi connectivity index (χ4v) is 3.33. The molecular formula is C16H16N2OS. The molecule has 3 rings (SSSR count). The molecule has 0 saturated carbocycles. The molecule has 0 amide bonds. The Hall–Kier alpha value is -1.94. The molecule has 0 fully saturated rings. The predicted molar refractivity (Wildman–Crippen MR) is 83.5 cm³/mol. The van der Waals surface area contributed by atoms with Crippen molar-refractivity contribution in [3.05, 3.63) is 41.0 Å². The van der Waals surface area contributed by atoms with Crippen molar-refractivity contribution in [1.82, 2.24) is 9.97 Å². The molecule has 0 atom stereocenters. The quantitative estimate of drug-likeness (QED) is 0.716. The van der Waals surface area contributed by atoms with Crippen LogP contribution in [0.3, 0.4) is 0 Å². The minimum atomic E-state index is 0.646. The third-order valence-corrected chi connectivity index (χ3v) is 4.52. The molecule has 0 unspecified atom stereocenters. The minimum Gasteiger partial charge on any atom is -0.493 e. The molecule has 2 heterocycles. The number of fused-ring (bicyclic) bond motifs is 1. The van der Waals surface area contributed by atoms with E-state index in [0.717, 1.165) is 27.2 Å². The van der Waals surface area contributed by atoms with Gasteiger partial charge in [-0.15, -0.1) is 11.3 Å². The van der Waals surface area contributed by atoms with E-state index in [1.165, 1.54) is 10.4 Å². The second-order valence-corrected chi connectivity index (χ2v) is 5.82. The lowest BCUT2D eigenvalue weighted by atomic mass is 10.1. The van der Waals surface area contributed by atoms with E-state index >= 15 is 0 Å². The van der Waals surface area contributed by atoms with Crippen LogP contribution >= 0.6 is 11.3 Å². The van der Waals surface area contributed by atoms with Gasteiger partial charge in [0.05, 0.1) is 12.3 Å². The molecule has 3 aromatic rings. The highest BCUT2D eigenvalue weighted by Crippen LogP contribution is 2.38. The fourth-order valence-electron chi connectivity index (χ4n) is 2.33. The molecule has 3 nitrogen and oxygen atoms in total. The van der Waals surface area contributed by atoms with Gasteiger partial charge >= 0.3 is 0 Å². The summed E-state index contributed by atoms with van der Waals surface area (Å²) in [6, 6.07) is 8.04. The Bertz CT molecular complexity index is 764. The Morgan fingerprint density at radius 1 is 1.15 bits per heavy atom. The van der Waals surface area contributed by atoms with Crippen molar-refractivity contribution in [3.8, 4) is 17.0 Å². The normalized spacial score (nSPS) is 10.9. The van der Waals surface area contributed by atoms with Gasteiger partial charge in [-0.2, -0.15) is 0 Å². The first-order valence-corrected chi connectivity index (χ1v) is 7.47. The van der Waals surface area contributed by atoms with Gasteiger partial charge in [-0.1, -0.05) is 12.1 Å². The van der Waals surface area contributed by atoms with Crippen LogP contribution in [-0.4, -0.2) is 16.6 Å². The van der Waals surface area contributed by atoms with Gasteiger partial charge in [-0.25, -0.2) is 9.97 Å². The fraction of sp³-hybridized carbons (Fsp3) is 0.250. The summed E-state index contributed by atoms with van der Waals surface area (Å²) in [6.07, 6.45) is 1.63. The van der Waals surface area contributed by atoms with Gasteiger partial charge in [0.1, 0.15) is 16.9 Å². The molecule has 0 N–H and O–H groups in total. The van der Waals surface area contributed by atoms with Crippen molar-refractivity contribution in [1.29, 1.82) is 0 Å². The van der Waals surface area contributed by atoms with Gasteiger partial charge in [-0.05, 0) is 38.5 Å². The lowest BCUT2D eigenvalue weighted by Gasteiger charge is -2.10. The van der Waals surface area contributed by atoms with Crippen molar-refractivity contribution in [2.75, 3.05) is 6.61 Å². The highest BCUT2D eigenvalue weighted by atomic mass is 32.1. The molecule has 102 valence electrons. The Balaban J connectivity index is 2.30. The Morgan fingerprint density at radius 2 is 1.95 bits per heavy atom. The Labute approximate surface area is 122 Å². The summed E-state index contributed by atoms with van der Waals surface area (Å²) >= 11 is 1.71. The van der Waals surface area contributed by atoms with Crippen LogP contribution < -0.4 is 4.74 Å². The smallest absolute Gasteiger partial charge is 0.128 e. The average Bonchev–Trinajstić information content (AvgIpc) is 2.75. The maximum atomic E-state index is 5.73. The Morgan fingerprint density at radius 3 is 2.75 bits per heavy atom. The summed E-state index contributed by atoms with van der Waals surface area (Å²) in [5.41, 5.74) is 3.25. The van der Waals surface area contributed by atoms with E-state index in [1.807, 2.05) is 25.1 Å². The zero-order valence-electron chi connectivity index (χ0n) is 11.8. The van der Waals surface area contributed by atoms with E-state index < -0.39 is 0 Å². The highest BCUT2D eigenvalue weighted by molar-refractivity contribution is 7.18. The molecule has 4 heteroatoms. The number of benzene rings is 1. The van der Waals surface area contributed by atoms with Gasteiger partial charge in [-0.3, -0.25) is 0 Å². The third kappa shape index (κ3) is 2.06. The van der Waals surface area contributed by atoms with Gasteiger partial charge < -0.3 is 4.74 Å². The molecule has 2 aromatic heterocycles. The van der Waals surface area contributed by atoms with Crippen molar-refractivity contribution in [2.24, 2.45) is 0 Å². The third-order valence-electron chi connectivity index (χ3n) is 3.41. The first-order valence-electron chi connectivity index (χ1n) is 6.65. The van der Waals surface area contributed by atoms with Crippen molar-refractivity contribution >= 4 is 21.6 Å². The van der Waals surface area contributed by atoms with E-state index in [4.69, 9.17) is 4.74 Å². The van der Waals surface area contributed by atoms with Gasteiger partial charge in [0.25, 0.3) is 0 Å². The standard InChI is InChI=1S/C16H16N2OS/c1-4-19-13-8-6-5-7-12(13)15-14-10(2)11(3)20-16(14)18-9-17-15/h5-9H,4H2,1-3H3. The average molecular weight is 284 g/mol. The van der Waals surface area contributed by atoms with Gasteiger partial charge in [0.15, 0.2) is 0 Å². The first-order chi connectivity index (χ1) is 9.72. The van der Waals surface area contributed by atoms with Crippen LogP contribution in [-0.2, 0) is 0 Å². The number of aromatic nitrogens is 2. The predicted octanol–water partition coefficient (Wildman–Crippen LogP) is 4.37. The van der Waals surface area contributed by atoms with E-state index in [9.17, 15) is 0 Å². The molecule has 0 aliphatic heterocycles. The summed E-state index contributed by atoms with van der Waals surface area (Å²) in [5.74, 6) is 0.873. The molecular weight excluding hydrogens is 268 g/mol. The lowest BCUT2D eigenvalue weighted by molar-refractivity contribution is 0.341. The summed E-state index contributed by atoms with van der Waals surface area (Å²) in [4.78, 5) is 11.2. The van der Waals surface area contributed by atoms with Crippen molar-refractivity contribution in [2.45, 2.75) is 20.8 Å². The number of ether oxygens (including phenoxy) is 1. The molecule has 20 heavy (non-hydrogen) atoms. The number of nitrogens with zero attached hydrogens (tertiary/aromatic N) is 2. The van der Waals surface area contributed by atoms with Crippen LogP contribution in [0.15, 0.2) is 30.6 Å². The highest BCUT2D eigenvalue weighted by Gasteiger charge is 2.15. The van der Waals surface area contributed by atoms with Gasteiger partial charge in [0.2, 0.25) is 0 Å². The number of rotatable bonds is 3. The summed E-state index contributed by atoms with van der Waals surface area (Å²) in [5, 5.41) is 1.14. The van der Waals surface area contributed by atoms with Crippen LogP contribution in [0.2, 0.25) is 0 Å². The zero-order valence-corrected chi connectivity index (χ0v) is 12.6. The zero-order chi connectivity index (χ0) is 14.1. The molecule has 0 aliphatic rings. The van der Waals surface area contributed by atoms with E-state index in [2.05, 4.69) is 29.9 Å². The Kier molecular flexibility index (Phi) is 3.40. The minimum absolute atomic E-state index is 0.646. The number of para-hydroxylation sites is 1. The molecule has 0 radical (unpaired) electrons. The summed E-state index contributed by atoms with van der Waals surface area (Å²) in [7, 11) is 0. The number of thiophene rings is 1. The second-order valence-electron chi connectivity index (χ2n) is 4.61. The SMILES string of the molecule is CCOc1ccccc1-c1ncnc2sc(C)c(C)c12. The van der Waals surface area contributed by atoms with E-state index in [1.54, 1.807) is 17.7 Å². The molecule has 0 spiro atoms. The van der Waals surface area contributed by atoms with Crippen molar-refractivity contribution in [3.63, 3.8) is 0 Å². The maximum Gasteiger partial charge on any atom is 0.128 e. The van der Waals surface area contributed by atoms with Crippen LogP contribution in [0.25, 0.3) is 21.5 Å². The second kappa shape index (κ2) is 5.21. The summed E-state index contributed by atoms with van der Waals surface area (Å²) in [6.45, 7) is 6.89. The number of hydrogen-bond acceptors (Lipinski definition) is 4. The summed E-state index contributed by atoms with van der Waals surface area (Å²) < 4.78 is 5.73. The number of hydrogen-bond donors (Lipinski definition) is 0. The van der Waals surface area contributed by atoms with E-state index in [-0.39, 0.29) is 0 Å². The van der Waals surface area contributed by atoms with E-state index in [0.29, 0.717) is 6.61 Å². The molecule has 0 saturated heterocycles. The first kappa shape index (κ1) is 13.1. The molecule has 0 aliphatic carbocycles. The van der Waals surface area contributed by atoms with Gasteiger partial charge in [0, 0.05) is 15.8 Å². The lowest BCUT2D eigenvalue weighted by Crippen LogP contribution is -1.95. The van der Waals surface area contributed by atoms with Crippen LogP contribution in [0.5, 0.6) is 5.75 Å². The topological polar surface area (TPSA) is 35.0 Å².